The molecule has 0 fully saturated rings. The molecule has 7 nitrogen and oxygen atoms in total. The van der Waals surface area contributed by atoms with Crippen molar-refractivity contribution in [2.24, 2.45) is 12.2 Å². The van der Waals surface area contributed by atoms with E-state index < -0.39 is 6.67 Å². The number of hydrogen-bond acceptors (Lipinski definition) is 6. The average Bonchev–Trinajstić information content (AvgIpc) is 3.06. The number of oxime groups is 1. The molecular formula is C23H22Cl2FN3O4. The summed E-state index contributed by atoms with van der Waals surface area (Å²) in [6.07, 6.45) is 3.01. The van der Waals surface area contributed by atoms with Crippen molar-refractivity contribution in [3.63, 3.8) is 0 Å². The van der Waals surface area contributed by atoms with Crippen molar-refractivity contribution >= 4 is 29.4 Å². The summed E-state index contributed by atoms with van der Waals surface area (Å²) in [7, 11) is 1.76. The third-order valence-corrected chi connectivity index (χ3v) is 4.53. The van der Waals surface area contributed by atoms with E-state index in [1.807, 2.05) is 6.92 Å². The molecule has 3 rings (SSSR count). The van der Waals surface area contributed by atoms with Crippen LogP contribution in [-0.2, 0) is 11.9 Å². The SMILES string of the molecule is Cc1nn(C)c(Oc2ccc(Oc3ccc(OCC=C(Cl)Cl)cc3)cc2)c1/C=N\OCCF. The van der Waals surface area contributed by atoms with Crippen molar-refractivity contribution in [2.45, 2.75) is 6.92 Å². The van der Waals surface area contributed by atoms with E-state index in [2.05, 4.69) is 10.3 Å². The summed E-state index contributed by atoms with van der Waals surface area (Å²) in [5.41, 5.74) is 1.34. The van der Waals surface area contributed by atoms with Gasteiger partial charge in [-0.2, -0.15) is 5.10 Å². The number of rotatable bonds is 11. The number of ether oxygens (including phenoxy) is 3. The molecule has 0 aliphatic heterocycles. The molecule has 0 unspecified atom stereocenters. The van der Waals surface area contributed by atoms with Crippen LogP contribution >= 0.6 is 23.2 Å². The summed E-state index contributed by atoms with van der Waals surface area (Å²) in [5.74, 6) is 3.01. The van der Waals surface area contributed by atoms with Crippen LogP contribution < -0.4 is 14.2 Å². The first-order valence-electron chi connectivity index (χ1n) is 9.91. The highest BCUT2D eigenvalue weighted by Crippen LogP contribution is 2.29. The molecule has 0 saturated heterocycles. The van der Waals surface area contributed by atoms with Gasteiger partial charge in [0.1, 0.15) is 47.4 Å². The van der Waals surface area contributed by atoms with Gasteiger partial charge in [0.05, 0.1) is 17.5 Å². The molecule has 0 N–H and O–H groups in total. The van der Waals surface area contributed by atoms with Crippen molar-refractivity contribution in [3.8, 4) is 28.9 Å². The molecule has 33 heavy (non-hydrogen) atoms. The molecule has 0 aliphatic carbocycles. The molecule has 0 spiro atoms. The van der Waals surface area contributed by atoms with Crippen LogP contribution in [0.1, 0.15) is 11.3 Å². The number of aryl methyl sites for hydroxylation is 2. The Hall–Kier alpha value is -3.23. The fourth-order valence-corrected chi connectivity index (χ4v) is 2.85. The fourth-order valence-electron chi connectivity index (χ4n) is 2.73. The molecule has 0 radical (unpaired) electrons. The summed E-state index contributed by atoms with van der Waals surface area (Å²) in [6.45, 7) is 1.38. The Labute approximate surface area is 200 Å². The van der Waals surface area contributed by atoms with Crippen LogP contribution in [0.25, 0.3) is 0 Å². The number of hydrogen-bond donors (Lipinski definition) is 0. The molecule has 174 valence electrons. The molecule has 0 bridgehead atoms. The minimum atomic E-state index is -0.611. The van der Waals surface area contributed by atoms with Gasteiger partial charge in [-0.1, -0.05) is 28.4 Å². The van der Waals surface area contributed by atoms with Gasteiger partial charge in [-0.25, -0.2) is 9.07 Å². The van der Waals surface area contributed by atoms with Gasteiger partial charge in [0, 0.05) is 7.05 Å². The predicted molar refractivity (Wildman–Crippen MR) is 126 cm³/mol. The van der Waals surface area contributed by atoms with E-state index in [-0.39, 0.29) is 17.7 Å². The van der Waals surface area contributed by atoms with Gasteiger partial charge < -0.3 is 19.0 Å². The van der Waals surface area contributed by atoms with Gasteiger partial charge in [0.2, 0.25) is 5.88 Å². The second-order valence-corrected chi connectivity index (χ2v) is 7.64. The molecule has 0 saturated carbocycles. The van der Waals surface area contributed by atoms with E-state index in [1.54, 1.807) is 66.3 Å². The lowest BCUT2D eigenvalue weighted by Gasteiger charge is -2.10. The number of nitrogens with zero attached hydrogens (tertiary/aromatic N) is 3. The van der Waals surface area contributed by atoms with E-state index in [4.69, 9.17) is 42.3 Å². The largest absolute Gasteiger partial charge is 0.489 e. The Balaban J connectivity index is 1.62. The third kappa shape index (κ3) is 7.40. The zero-order valence-electron chi connectivity index (χ0n) is 18.0. The molecule has 0 atom stereocenters. The second kappa shape index (κ2) is 12.1. The van der Waals surface area contributed by atoms with Crippen molar-refractivity contribution < 1.29 is 23.4 Å². The molecular weight excluding hydrogens is 472 g/mol. The summed E-state index contributed by atoms with van der Waals surface area (Å²) < 4.78 is 31.2. The second-order valence-electron chi connectivity index (χ2n) is 6.64. The van der Waals surface area contributed by atoms with Crippen molar-refractivity contribution in [2.75, 3.05) is 19.9 Å². The zero-order chi connectivity index (χ0) is 23.6. The Morgan fingerprint density at radius 1 is 1.00 bits per heavy atom. The number of halogens is 3. The van der Waals surface area contributed by atoms with Crippen molar-refractivity contribution in [3.05, 3.63) is 70.4 Å². The smallest absolute Gasteiger partial charge is 0.226 e. The van der Waals surface area contributed by atoms with Crippen LogP contribution in [0, 0.1) is 6.92 Å². The monoisotopic (exact) mass is 493 g/mol. The first-order valence-corrected chi connectivity index (χ1v) is 10.7. The molecule has 1 heterocycles. The lowest BCUT2D eigenvalue weighted by Crippen LogP contribution is -1.97. The predicted octanol–water partition coefficient (Wildman–Crippen LogP) is 6.33. The summed E-state index contributed by atoms with van der Waals surface area (Å²) in [5, 5.41) is 8.09. The van der Waals surface area contributed by atoms with Gasteiger partial charge in [-0.15, -0.1) is 0 Å². The molecule has 0 aliphatic rings. The van der Waals surface area contributed by atoms with Crippen molar-refractivity contribution in [1.29, 1.82) is 0 Å². The van der Waals surface area contributed by atoms with Gasteiger partial charge in [-0.3, -0.25) is 0 Å². The highest BCUT2D eigenvalue weighted by atomic mass is 35.5. The molecule has 3 aromatic rings. The Morgan fingerprint density at radius 3 is 2.15 bits per heavy atom. The highest BCUT2D eigenvalue weighted by Gasteiger charge is 2.14. The Bertz CT molecular complexity index is 1100. The maximum absolute atomic E-state index is 12.2. The third-order valence-electron chi connectivity index (χ3n) is 4.22. The first-order chi connectivity index (χ1) is 16.0. The van der Waals surface area contributed by atoms with E-state index >= 15 is 0 Å². The molecule has 2 aromatic carbocycles. The average molecular weight is 494 g/mol. The zero-order valence-corrected chi connectivity index (χ0v) is 19.5. The summed E-state index contributed by atoms with van der Waals surface area (Å²) in [4.78, 5) is 4.83. The lowest BCUT2D eigenvalue weighted by molar-refractivity contribution is 0.129. The fraction of sp³-hybridized carbons (Fsp3) is 0.217. The number of benzene rings is 2. The Morgan fingerprint density at radius 2 is 1.58 bits per heavy atom. The quantitative estimate of drug-likeness (QED) is 0.177. The van der Waals surface area contributed by atoms with E-state index in [0.29, 0.717) is 40.1 Å². The van der Waals surface area contributed by atoms with E-state index in [9.17, 15) is 4.39 Å². The van der Waals surface area contributed by atoms with E-state index in [1.165, 1.54) is 6.21 Å². The molecule has 1 aromatic heterocycles. The van der Waals surface area contributed by atoms with Gasteiger partial charge in [0.25, 0.3) is 0 Å². The topological polar surface area (TPSA) is 67.1 Å². The standard InChI is InChI=1S/C23H22Cl2FN3O4/c1-16-21(15-27-31-14-12-26)23(29(2)28-16)33-20-9-7-19(8-10-20)32-18-5-3-17(4-6-18)30-13-11-22(24)25/h3-11,15H,12-14H2,1-2H3/b27-15-. The minimum absolute atomic E-state index is 0.108. The van der Waals surface area contributed by atoms with Gasteiger partial charge >= 0.3 is 0 Å². The molecule has 0 amide bonds. The number of alkyl halides is 1. The normalized spacial score (nSPS) is 10.8. The van der Waals surface area contributed by atoms with Crippen LogP contribution in [0.5, 0.6) is 28.9 Å². The Kier molecular flexibility index (Phi) is 8.97. The number of aromatic nitrogens is 2. The van der Waals surface area contributed by atoms with Gasteiger partial charge in [0.15, 0.2) is 0 Å². The van der Waals surface area contributed by atoms with Crippen LogP contribution in [0.4, 0.5) is 4.39 Å². The maximum atomic E-state index is 12.2. The van der Waals surface area contributed by atoms with Crippen molar-refractivity contribution in [1.82, 2.24) is 9.78 Å². The van der Waals surface area contributed by atoms with Crippen LogP contribution in [-0.4, -0.2) is 35.9 Å². The minimum Gasteiger partial charge on any atom is -0.489 e. The highest BCUT2D eigenvalue weighted by molar-refractivity contribution is 6.55. The summed E-state index contributed by atoms with van der Waals surface area (Å²) in [6, 6.07) is 14.3. The molecule has 10 heteroatoms. The van der Waals surface area contributed by atoms with E-state index in [0.717, 1.165) is 0 Å². The van der Waals surface area contributed by atoms with Crippen LogP contribution in [0.15, 0.2) is 64.3 Å². The lowest BCUT2D eigenvalue weighted by atomic mass is 10.2. The van der Waals surface area contributed by atoms with Crippen LogP contribution in [0.2, 0.25) is 0 Å². The first kappa shape index (κ1) is 24.4. The van der Waals surface area contributed by atoms with Crippen LogP contribution in [0.3, 0.4) is 0 Å². The maximum Gasteiger partial charge on any atom is 0.226 e. The van der Waals surface area contributed by atoms with Gasteiger partial charge in [-0.05, 0) is 61.5 Å². The summed E-state index contributed by atoms with van der Waals surface area (Å²) >= 11 is 11.1.